The first kappa shape index (κ1) is 23.3. The summed E-state index contributed by atoms with van der Waals surface area (Å²) in [6.45, 7) is 8.76. The molecule has 9 nitrogen and oxygen atoms in total. The molecule has 0 bridgehead atoms. The van der Waals surface area contributed by atoms with E-state index in [2.05, 4.69) is 30.9 Å². The number of hydrogen-bond donors (Lipinski definition) is 0. The number of aliphatic imine (C=N–C) groups is 1. The third kappa shape index (κ3) is 5.31. The van der Waals surface area contributed by atoms with Crippen LogP contribution in [-0.4, -0.2) is 51.1 Å². The van der Waals surface area contributed by atoms with Gasteiger partial charge in [-0.25, -0.2) is 9.97 Å². The lowest BCUT2D eigenvalue weighted by Gasteiger charge is -2.33. The number of carbonyl (C=O) groups is 1. The number of nitriles is 1. The molecule has 2 fully saturated rings. The first-order chi connectivity index (χ1) is 16.8. The van der Waals surface area contributed by atoms with Crippen molar-refractivity contribution in [2.75, 3.05) is 24.6 Å². The Labute approximate surface area is 205 Å². The van der Waals surface area contributed by atoms with Gasteiger partial charge in [0, 0.05) is 54.9 Å². The largest absolute Gasteiger partial charge is 0.463 e. The summed E-state index contributed by atoms with van der Waals surface area (Å²) in [5.41, 5.74) is 3.45. The van der Waals surface area contributed by atoms with Crippen LogP contribution in [0.1, 0.15) is 68.2 Å². The van der Waals surface area contributed by atoms with E-state index in [0.29, 0.717) is 31.2 Å². The normalized spacial score (nSPS) is 21.8. The van der Waals surface area contributed by atoms with Crippen LogP contribution in [0.2, 0.25) is 0 Å². The Morgan fingerprint density at radius 2 is 2.06 bits per heavy atom. The average molecular weight is 474 g/mol. The molecular weight excluding hydrogens is 442 g/mol. The number of rotatable bonds is 7. The lowest BCUT2D eigenvalue weighted by molar-refractivity contribution is 0.0933. The molecule has 2 aromatic rings. The van der Waals surface area contributed by atoms with E-state index in [0.717, 1.165) is 55.1 Å². The highest BCUT2D eigenvalue weighted by Gasteiger charge is 2.38. The van der Waals surface area contributed by atoms with Crippen molar-refractivity contribution < 1.29 is 9.53 Å². The van der Waals surface area contributed by atoms with Crippen molar-refractivity contribution in [1.82, 2.24) is 19.9 Å². The average Bonchev–Trinajstić information content (AvgIpc) is 3.48. The lowest BCUT2D eigenvalue weighted by Crippen LogP contribution is -2.37. The minimum absolute atomic E-state index is 0.0147. The second-order valence-electron chi connectivity index (χ2n) is 10.9. The highest BCUT2D eigenvalue weighted by atomic mass is 16.5. The van der Waals surface area contributed by atoms with Crippen LogP contribution in [0.4, 0.5) is 5.82 Å². The molecule has 1 saturated heterocycles. The number of piperidine rings is 1. The molecule has 0 spiro atoms. The Bertz CT molecular complexity index is 1190. The number of hydrogen-bond acceptors (Lipinski definition) is 9. The van der Waals surface area contributed by atoms with E-state index in [-0.39, 0.29) is 29.0 Å². The predicted molar refractivity (Wildman–Crippen MR) is 130 cm³/mol. The molecule has 0 radical (unpaired) electrons. The molecule has 2 atom stereocenters. The fourth-order valence-corrected chi connectivity index (χ4v) is 4.80. The van der Waals surface area contributed by atoms with Crippen LogP contribution in [0.25, 0.3) is 0 Å². The lowest BCUT2D eigenvalue weighted by atomic mass is 9.88. The Kier molecular flexibility index (Phi) is 6.22. The van der Waals surface area contributed by atoms with E-state index >= 15 is 0 Å². The molecule has 0 amide bonds. The van der Waals surface area contributed by atoms with Crippen LogP contribution in [0, 0.1) is 34.5 Å². The number of ketones is 1. The molecule has 1 saturated carbocycles. The molecule has 9 heteroatoms. The van der Waals surface area contributed by atoms with Gasteiger partial charge < -0.3 is 9.64 Å². The molecule has 182 valence electrons. The fourth-order valence-electron chi connectivity index (χ4n) is 4.80. The van der Waals surface area contributed by atoms with Gasteiger partial charge >= 0.3 is 6.01 Å². The van der Waals surface area contributed by atoms with Gasteiger partial charge in [-0.3, -0.25) is 9.79 Å². The molecule has 2 aromatic heterocycles. The van der Waals surface area contributed by atoms with Crippen molar-refractivity contribution in [2.24, 2.45) is 28.2 Å². The Morgan fingerprint density at radius 3 is 2.77 bits per heavy atom. The molecule has 1 aliphatic carbocycles. The highest BCUT2D eigenvalue weighted by Crippen LogP contribution is 2.38. The molecule has 4 heterocycles. The number of aromatic nitrogens is 4. The summed E-state index contributed by atoms with van der Waals surface area (Å²) in [6.07, 6.45) is 6.56. The molecule has 0 aromatic carbocycles. The van der Waals surface area contributed by atoms with Gasteiger partial charge in [0.15, 0.2) is 5.78 Å². The summed E-state index contributed by atoms with van der Waals surface area (Å²) in [6, 6.07) is 4.29. The van der Waals surface area contributed by atoms with Gasteiger partial charge in [0.1, 0.15) is 17.8 Å². The minimum Gasteiger partial charge on any atom is -0.463 e. The molecule has 35 heavy (non-hydrogen) atoms. The van der Waals surface area contributed by atoms with E-state index in [4.69, 9.17) is 15.0 Å². The summed E-state index contributed by atoms with van der Waals surface area (Å²) >= 11 is 0. The van der Waals surface area contributed by atoms with Crippen LogP contribution in [0.3, 0.4) is 0 Å². The number of nitrogens with zero attached hydrogens (tertiary/aromatic N) is 7. The number of Topliss-reactive ketones (excluding diaryl/α,β-unsaturated/α-hetero) is 1. The molecular formula is C26H31N7O2. The SMILES string of the molecule is CC(C)(C)CC(=O)c1cc(N2CCC(C3=NCc4ncncc43)CC2)nc(OC[C@H]2C[C@H]2C#N)n1. The predicted octanol–water partition coefficient (Wildman–Crippen LogP) is 3.64. The number of anilines is 1. The van der Waals surface area contributed by atoms with Gasteiger partial charge in [0.05, 0.1) is 30.8 Å². The first-order valence-electron chi connectivity index (χ1n) is 12.3. The highest BCUT2D eigenvalue weighted by molar-refractivity contribution is 6.04. The molecule has 5 rings (SSSR count). The first-order valence-corrected chi connectivity index (χ1v) is 12.3. The second kappa shape index (κ2) is 9.33. The zero-order valence-electron chi connectivity index (χ0n) is 20.6. The zero-order valence-corrected chi connectivity index (χ0v) is 20.6. The fraction of sp³-hybridized carbons (Fsp3) is 0.577. The maximum atomic E-state index is 13.0. The van der Waals surface area contributed by atoms with Gasteiger partial charge in [-0.15, -0.1) is 0 Å². The molecule has 0 N–H and O–H groups in total. The number of ether oxygens (including phenoxy) is 1. The summed E-state index contributed by atoms with van der Waals surface area (Å²) in [4.78, 5) is 37.6. The minimum atomic E-state index is -0.141. The van der Waals surface area contributed by atoms with Crippen LogP contribution in [-0.2, 0) is 6.54 Å². The smallest absolute Gasteiger partial charge is 0.319 e. The quantitative estimate of drug-likeness (QED) is 0.560. The summed E-state index contributed by atoms with van der Waals surface area (Å²) < 4.78 is 5.87. The second-order valence-corrected chi connectivity index (χ2v) is 10.9. The summed E-state index contributed by atoms with van der Waals surface area (Å²) in [7, 11) is 0. The van der Waals surface area contributed by atoms with E-state index < -0.39 is 0 Å². The standard InChI is InChI=1S/C26H31N7O2/c1-26(2,3)10-22(34)20-9-23(32-25(31-20)35-14-18-8-17(18)11-27)33-6-4-16(5-7-33)24-19-12-28-15-30-21(19)13-29-24/h9,12,15-18H,4-8,10,13-14H2,1-3H3/t17-,18+/m0/s1. The Balaban J connectivity index is 1.31. The van der Waals surface area contributed by atoms with Crippen LogP contribution < -0.4 is 9.64 Å². The van der Waals surface area contributed by atoms with Crippen LogP contribution in [0.5, 0.6) is 6.01 Å². The van der Waals surface area contributed by atoms with Crippen molar-refractivity contribution in [3.63, 3.8) is 0 Å². The Hall–Kier alpha value is -3.41. The summed E-state index contributed by atoms with van der Waals surface area (Å²) in [5, 5.41) is 9.06. The van der Waals surface area contributed by atoms with Crippen molar-refractivity contribution in [2.45, 2.75) is 53.0 Å². The van der Waals surface area contributed by atoms with Crippen molar-refractivity contribution in [3.05, 3.63) is 35.5 Å². The summed E-state index contributed by atoms with van der Waals surface area (Å²) in [5.74, 6) is 1.33. The third-order valence-electron chi connectivity index (χ3n) is 6.86. The van der Waals surface area contributed by atoms with Gasteiger partial charge in [0.25, 0.3) is 0 Å². The van der Waals surface area contributed by atoms with Gasteiger partial charge in [-0.05, 0) is 24.7 Å². The van der Waals surface area contributed by atoms with Gasteiger partial charge in [0.2, 0.25) is 0 Å². The van der Waals surface area contributed by atoms with E-state index in [1.165, 1.54) is 0 Å². The van der Waals surface area contributed by atoms with Crippen molar-refractivity contribution in [1.29, 1.82) is 5.26 Å². The van der Waals surface area contributed by atoms with Gasteiger partial charge in [-0.2, -0.15) is 15.2 Å². The maximum Gasteiger partial charge on any atom is 0.319 e. The molecule has 3 aliphatic rings. The number of fused-ring (bicyclic) bond motifs is 1. The van der Waals surface area contributed by atoms with E-state index in [1.54, 1.807) is 12.4 Å². The monoisotopic (exact) mass is 473 g/mol. The van der Waals surface area contributed by atoms with Gasteiger partial charge in [-0.1, -0.05) is 20.8 Å². The van der Waals surface area contributed by atoms with Crippen molar-refractivity contribution >= 4 is 17.3 Å². The third-order valence-corrected chi connectivity index (χ3v) is 6.86. The zero-order chi connectivity index (χ0) is 24.6. The maximum absolute atomic E-state index is 13.0. The Morgan fingerprint density at radius 1 is 1.26 bits per heavy atom. The van der Waals surface area contributed by atoms with E-state index in [1.807, 2.05) is 27.0 Å². The number of carbonyl (C=O) groups excluding carboxylic acids is 1. The molecule has 2 aliphatic heterocycles. The topological polar surface area (TPSA) is 117 Å². The van der Waals surface area contributed by atoms with Crippen LogP contribution in [0.15, 0.2) is 23.6 Å². The van der Waals surface area contributed by atoms with Crippen molar-refractivity contribution in [3.8, 4) is 12.1 Å². The van der Waals surface area contributed by atoms with E-state index in [9.17, 15) is 4.79 Å². The van der Waals surface area contributed by atoms with Crippen LogP contribution >= 0.6 is 0 Å². The molecule has 0 unspecified atom stereocenters.